The van der Waals surface area contributed by atoms with Crippen LogP contribution in [0.15, 0.2) is 11.1 Å². The first-order valence-electron chi connectivity index (χ1n) is 8.20. The molecule has 0 heterocycles. The SMILES string of the molecule is CC(C)(C)C(=C1C(=O)C1(C(C)(C)C)C(C)(C)C)C(C)(C)C. The predicted molar refractivity (Wildman–Crippen MR) is 92.3 cm³/mol. The van der Waals surface area contributed by atoms with Gasteiger partial charge < -0.3 is 0 Å². The van der Waals surface area contributed by atoms with Gasteiger partial charge in [-0.05, 0) is 21.7 Å². The summed E-state index contributed by atoms with van der Waals surface area (Å²) in [4.78, 5) is 13.1. The fourth-order valence-electron chi connectivity index (χ4n) is 4.99. The van der Waals surface area contributed by atoms with Gasteiger partial charge in [0.25, 0.3) is 0 Å². The molecule has 122 valence electrons. The van der Waals surface area contributed by atoms with E-state index in [9.17, 15) is 4.79 Å². The average Bonchev–Trinajstić information content (AvgIpc) is 2.64. The predicted octanol–water partition coefficient (Wildman–Crippen LogP) is 6.04. The highest BCUT2D eigenvalue weighted by molar-refractivity contribution is 6.23. The molecule has 1 saturated carbocycles. The minimum Gasteiger partial charge on any atom is -0.293 e. The van der Waals surface area contributed by atoms with Crippen LogP contribution in [0.25, 0.3) is 0 Å². The zero-order valence-corrected chi connectivity index (χ0v) is 16.4. The van der Waals surface area contributed by atoms with Crippen LogP contribution in [0.1, 0.15) is 83.1 Å². The summed E-state index contributed by atoms with van der Waals surface area (Å²) in [7, 11) is 0. The molecule has 0 spiro atoms. The zero-order valence-electron chi connectivity index (χ0n) is 16.4. The molecule has 0 aromatic rings. The van der Waals surface area contributed by atoms with Crippen molar-refractivity contribution in [3.8, 4) is 0 Å². The van der Waals surface area contributed by atoms with Crippen molar-refractivity contribution in [2.24, 2.45) is 27.1 Å². The van der Waals surface area contributed by atoms with E-state index in [4.69, 9.17) is 0 Å². The third-order valence-electron chi connectivity index (χ3n) is 4.88. The van der Waals surface area contributed by atoms with Gasteiger partial charge in [0.2, 0.25) is 0 Å². The lowest BCUT2D eigenvalue weighted by atomic mass is 9.60. The molecule has 0 radical (unpaired) electrons. The molecule has 0 aromatic heterocycles. The third kappa shape index (κ3) is 2.62. The van der Waals surface area contributed by atoms with Crippen LogP contribution in [0.4, 0.5) is 0 Å². The monoisotopic (exact) mass is 292 g/mol. The van der Waals surface area contributed by atoms with E-state index in [0.717, 1.165) is 5.57 Å². The minimum atomic E-state index is -0.324. The normalized spacial score (nSPS) is 19.8. The van der Waals surface area contributed by atoms with Crippen molar-refractivity contribution in [3.05, 3.63) is 11.1 Å². The number of rotatable bonds is 0. The maximum absolute atomic E-state index is 13.1. The van der Waals surface area contributed by atoms with Crippen LogP contribution in [-0.2, 0) is 4.79 Å². The Morgan fingerprint density at radius 3 is 1.10 bits per heavy atom. The van der Waals surface area contributed by atoms with Gasteiger partial charge in [-0.1, -0.05) is 88.7 Å². The lowest BCUT2D eigenvalue weighted by Crippen LogP contribution is -2.37. The Labute approximate surface area is 132 Å². The fraction of sp³-hybridized carbons (Fsp3) is 0.850. The van der Waals surface area contributed by atoms with Gasteiger partial charge in [0, 0.05) is 5.57 Å². The fourth-order valence-corrected chi connectivity index (χ4v) is 4.99. The Bertz CT molecular complexity index is 446. The molecule has 0 bridgehead atoms. The van der Waals surface area contributed by atoms with Crippen molar-refractivity contribution in [1.29, 1.82) is 0 Å². The molecule has 1 fully saturated rings. The van der Waals surface area contributed by atoms with E-state index < -0.39 is 0 Å². The van der Waals surface area contributed by atoms with Gasteiger partial charge >= 0.3 is 0 Å². The van der Waals surface area contributed by atoms with E-state index >= 15 is 0 Å². The molecule has 0 aliphatic heterocycles. The second-order valence-corrected chi connectivity index (χ2v) is 10.8. The molecule has 1 nitrogen and oxygen atoms in total. The zero-order chi connectivity index (χ0) is 17.2. The Morgan fingerprint density at radius 2 is 0.952 bits per heavy atom. The summed E-state index contributed by atoms with van der Waals surface area (Å²) in [6, 6.07) is 0. The summed E-state index contributed by atoms with van der Waals surface area (Å²) < 4.78 is 0. The molecule has 0 saturated heterocycles. The highest BCUT2D eigenvalue weighted by Crippen LogP contribution is 2.71. The number of hydrogen-bond acceptors (Lipinski definition) is 1. The van der Waals surface area contributed by atoms with Crippen LogP contribution in [0.2, 0.25) is 0 Å². The van der Waals surface area contributed by atoms with Gasteiger partial charge in [-0.2, -0.15) is 0 Å². The van der Waals surface area contributed by atoms with Crippen molar-refractivity contribution in [2.45, 2.75) is 83.1 Å². The van der Waals surface area contributed by atoms with Gasteiger partial charge in [-0.25, -0.2) is 0 Å². The minimum absolute atomic E-state index is 0.0154. The summed E-state index contributed by atoms with van der Waals surface area (Å²) in [5, 5.41) is 0. The molecule has 1 aliphatic rings. The molecular weight excluding hydrogens is 256 g/mol. The number of carbonyl (C=O) groups is 1. The molecule has 1 aliphatic carbocycles. The smallest absolute Gasteiger partial charge is 0.171 e. The summed E-state index contributed by atoms with van der Waals surface area (Å²) in [6.45, 7) is 26.7. The number of Topliss-reactive ketones (excluding diaryl/α,β-unsaturated/α-hetero) is 1. The maximum atomic E-state index is 13.1. The Morgan fingerprint density at radius 1 is 0.667 bits per heavy atom. The van der Waals surface area contributed by atoms with Crippen molar-refractivity contribution in [3.63, 3.8) is 0 Å². The van der Waals surface area contributed by atoms with E-state index in [1.165, 1.54) is 5.57 Å². The van der Waals surface area contributed by atoms with E-state index in [2.05, 4.69) is 83.1 Å². The standard InChI is InChI=1S/C20H36O/c1-16(2,3)14(17(4,5)6)13-15(21)20(13,18(7,8)9)19(10,11)12/h1-12H3. The van der Waals surface area contributed by atoms with Crippen molar-refractivity contribution in [2.75, 3.05) is 0 Å². The summed E-state index contributed by atoms with van der Waals surface area (Å²) in [5.74, 6) is 0.377. The maximum Gasteiger partial charge on any atom is 0.171 e. The van der Waals surface area contributed by atoms with Crippen LogP contribution in [0.5, 0.6) is 0 Å². The number of carbonyl (C=O) groups excluding carboxylic acids is 1. The third-order valence-corrected chi connectivity index (χ3v) is 4.88. The first kappa shape index (κ1) is 18.5. The molecule has 0 aromatic carbocycles. The second-order valence-electron chi connectivity index (χ2n) is 10.8. The van der Waals surface area contributed by atoms with E-state index in [0.29, 0.717) is 5.78 Å². The first-order valence-corrected chi connectivity index (χ1v) is 8.20. The molecule has 21 heavy (non-hydrogen) atoms. The lowest BCUT2D eigenvalue weighted by Gasteiger charge is -2.41. The topological polar surface area (TPSA) is 17.1 Å². The second kappa shape index (κ2) is 4.46. The molecule has 0 atom stereocenters. The van der Waals surface area contributed by atoms with Crippen LogP contribution < -0.4 is 0 Å². The van der Waals surface area contributed by atoms with Crippen LogP contribution in [0, 0.1) is 27.1 Å². The van der Waals surface area contributed by atoms with Gasteiger partial charge in [-0.3, -0.25) is 4.79 Å². The van der Waals surface area contributed by atoms with Gasteiger partial charge in [0.1, 0.15) is 0 Å². The average molecular weight is 293 g/mol. The van der Waals surface area contributed by atoms with Gasteiger partial charge in [-0.15, -0.1) is 0 Å². The molecule has 0 unspecified atom stereocenters. The molecule has 0 N–H and O–H groups in total. The molecule has 0 amide bonds. The molecule has 1 rings (SSSR count). The van der Waals surface area contributed by atoms with E-state index in [1.54, 1.807) is 0 Å². The number of allylic oxidation sites excluding steroid dienone is 2. The van der Waals surface area contributed by atoms with Crippen LogP contribution in [0.3, 0.4) is 0 Å². The summed E-state index contributed by atoms with van der Waals surface area (Å²) in [5.41, 5.74) is 2.05. The Hall–Kier alpha value is -0.590. The van der Waals surface area contributed by atoms with Crippen molar-refractivity contribution in [1.82, 2.24) is 0 Å². The quantitative estimate of drug-likeness (QED) is 0.498. The Kier molecular flexibility index (Phi) is 3.92. The number of hydrogen-bond donors (Lipinski definition) is 0. The van der Waals surface area contributed by atoms with E-state index in [-0.39, 0.29) is 27.1 Å². The Balaban J connectivity index is 3.79. The molecular formula is C20H36O. The van der Waals surface area contributed by atoms with Gasteiger partial charge in [0.05, 0.1) is 5.41 Å². The van der Waals surface area contributed by atoms with Crippen LogP contribution in [-0.4, -0.2) is 5.78 Å². The van der Waals surface area contributed by atoms with Crippen LogP contribution >= 0.6 is 0 Å². The van der Waals surface area contributed by atoms with Gasteiger partial charge in [0.15, 0.2) is 5.78 Å². The largest absolute Gasteiger partial charge is 0.293 e. The van der Waals surface area contributed by atoms with Crippen molar-refractivity contribution >= 4 is 5.78 Å². The highest BCUT2D eigenvalue weighted by Gasteiger charge is 2.73. The summed E-state index contributed by atoms with van der Waals surface area (Å²) >= 11 is 0. The lowest BCUT2D eigenvalue weighted by molar-refractivity contribution is -0.118. The summed E-state index contributed by atoms with van der Waals surface area (Å²) in [6.07, 6.45) is 0. The first-order chi connectivity index (χ1) is 8.90. The number of ketones is 1. The molecule has 1 heteroatoms. The van der Waals surface area contributed by atoms with E-state index in [1.807, 2.05) is 0 Å². The highest BCUT2D eigenvalue weighted by atomic mass is 16.1. The van der Waals surface area contributed by atoms with Crippen molar-refractivity contribution < 1.29 is 4.79 Å².